The van der Waals surface area contributed by atoms with E-state index in [4.69, 9.17) is 4.74 Å². The molecule has 3 nitrogen and oxygen atoms in total. The largest absolute Gasteiger partial charge is 0.389 e. The van der Waals surface area contributed by atoms with E-state index in [0.717, 1.165) is 12.2 Å². The fourth-order valence-corrected chi connectivity index (χ4v) is 1.93. The van der Waals surface area contributed by atoms with Crippen LogP contribution in [0, 0.1) is 18.7 Å². The lowest BCUT2D eigenvalue weighted by atomic mass is 10.1. The van der Waals surface area contributed by atoms with Crippen LogP contribution >= 0.6 is 0 Å². The summed E-state index contributed by atoms with van der Waals surface area (Å²) in [6.45, 7) is 3.87. The molecule has 0 aliphatic heterocycles. The second-order valence-corrected chi connectivity index (χ2v) is 5.36. The Morgan fingerprint density at radius 3 is 3.00 bits per heavy atom. The van der Waals surface area contributed by atoms with Crippen LogP contribution in [-0.4, -0.2) is 31.0 Å². The van der Waals surface area contributed by atoms with Crippen molar-refractivity contribution in [2.75, 3.05) is 19.8 Å². The molecule has 1 aliphatic rings. The molecule has 1 aliphatic carbocycles. The molecule has 1 aromatic carbocycles. The molecule has 0 spiro atoms. The van der Waals surface area contributed by atoms with Crippen molar-refractivity contribution in [3.05, 3.63) is 35.1 Å². The van der Waals surface area contributed by atoms with Gasteiger partial charge in [-0.3, -0.25) is 0 Å². The first-order valence-corrected chi connectivity index (χ1v) is 6.86. The van der Waals surface area contributed by atoms with Crippen molar-refractivity contribution in [2.24, 2.45) is 5.92 Å². The Labute approximate surface area is 113 Å². The van der Waals surface area contributed by atoms with Crippen LogP contribution in [0.4, 0.5) is 4.39 Å². The van der Waals surface area contributed by atoms with E-state index in [0.29, 0.717) is 31.2 Å². The molecule has 0 amide bonds. The molecule has 1 fully saturated rings. The van der Waals surface area contributed by atoms with Gasteiger partial charge in [-0.1, -0.05) is 17.7 Å². The summed E-state index contributed by atoms with van der Waals surface area (Å²) in [5.41, 5.74) is 1.66. The smallest absolute Gasteiger partial charge is 0.127 e. The molecule has 0 bridgehead atoms. The minimum absolute atomic E-state index is 0.211. The summed E-state index contributed by atoms with van der Waals surface area (Å²) < 4.78 is 18.9. The summed E-state index contributed by atoms with van der Waals surface area (Å²) in [5, 5.41) is 12.8. The van der Waals surface area contributed by atoms with E-state index in [2.05, 4.69) is 5.32 Å². The summed E-state index contributed by atoms with van der Waals surface area (Å²) in [6, 6.07) is 5.04. The van der Waals surface area contributed by atoms with Gasteiger partial charge in [0.15, 0.2) is 0 Å². The first-order valence-electron chi connectivity index (χ1n) is 6.86. The number of nitrogens with one attached hydrogen (secondary N) is 1. The van der Waals surface area contributed by atoms with Gasteiger partial charge in [0, 0.05) is 25.3 Å². The second kappa shape index (κ2) is 6.98. The van der Waals surface area contributed by atoms with E-state index in [1.54, 1.807) is 6.07 Å². The number of benzene rings is 1. The van der Waals surface area contributed by atoms with Crippen molar-refractivity contribution in [1.82, 2.24) is 5.32 Å². The van der Waals surface area contributed by atoms with Gasteiger partial charge in [0.2, 0.25) is 0 Å². The summed E-state index contributed by atoms with van der Waals surface area (Å²) in [5.74, 6) is 0.499. The summed E-state index contributed by atoms with van der Waals surface area (Å²) in [7, 11) is 0. The molecule has 1 saturated carbocycles. The number of hydrogen-bond acceptors (Lipinski definition) is 3. The molecule has 2 N–H and O–H groups in total. The van der Waals surface area contributed by atoms with Crippen LogP contribution in [0.3, 0.4) is 0 Å². The normalized spacial score (nSPS) is 16.6. The third-order valence-electron chi connectivity index (χ3n) is 3.26. The van der Waals surface area contributed by atoms with E-state index in [1.807, 2.05) is 13.0 Å². The molecule has 4 heteroatoms. The molecule has 19 heavy (non-hydrogen) atoms. The number of rotatable bonds is 8. The lowest BCUT2D eigenvalue weighted by molar-refractivity contribution is 0.0324. The highest BCUT2D eigenvalue weighted by Crippen LogP contribution is 2.28. The third-order valence-corrected chi connectivity index (χ3v) is 3.26. The highest BCUT2D eigenvalue weighted by Gasteiger charge is 2.21. The van der Waals surface area contributed by atoms with E-state index in [1.165, 1.54) is 18.9 Å². The van der Waals surface area contributed by atoms with E-state index < -0.39 is 6.10 Å². The molecule has 106 valence electrons. The zero-order valence-electron chi connectivity index (χ0n) is 11.4. The molecule has 0 heterocycles. The fraction of sp³-hybridized carbons (Fsp3) is 0.600. The van der Waals surface area contributed by atoms with Gasteiger partial charge in [0.25, 0.3) is 0 Å². The van der Waals surface area contributed by atoms with E-state index in [-0.39, 0.29) is 5.82 Å². The molecule has 1 unspecified atom stereocenters. The van der Waals surface area contributed by atoms with Crippen LogP contribution in [0.25, 0.3) is 0 Å². The average Bonchev–Trinajstić information content (AvgIpc) is 3.18. The Morgan fingerprint density at radius 2 is 2.26 bits per heavy atom. The van der Waals surface area contributed by atoms with Gasteiger partial charge in [0.1, 0.15) is 5.82 Å². The maximum atomic E-state index is 13.5. The highest BCUT2D eigenvalue weighted by molar-refractivity contribution is 5.23. The topological polar surface area (TPSA) is 41.5 Å². The SMILES string of the molecule is Cc1ccc(F)c(CNCC(O)COCC2CC2)c1. The molecular formula is C15H22FNO2. The number of halogens is 1. The number of ether oxygens (including phenoxy) is 1. The van der Waals surface area contributed by atoms with Crippen LogP contribution in [0.5, 0.6) is 0 Å². The van der Waals surface area contributed by atoms with Crippen LogP contribution in [-0.2, 0) is 11.3 Å². The van der Waals surface area contributed by atoms with Gasteiger partial charge in [0.05, 0.1) is 12.7 Å². The summed E-state index contributed by atoms with van der Waals surface area (Å²) in [6.07, 6.45) is 1.97. The first-order chi connectivity index (χ1) is 9.15. The van der Waals surface area contributed by atoms with E-state index in [9.17, 15) is 9.50 Å². The Bertz CT molecular complexity index is 407. The zero-order chi connectivity index (χ0) is 13.7. The number of aryl methyl sites for hydroxylation is 1. The van der Waals surface area contributed by atoms with Gasteiger partial charge in [-0.05, 0) is 31.7 Å². The van der Waals surface area contributed by atoms with Gasteiger partial charge >= 0.3 is 0 Å². The van der Waals surface area contributed by atoms with Crippen molar-refractivity contribution in [2.45, 2.75) is 32.4 Å². The zero-order valence-corrected chi connectivity index (χ0v) is 11.4. The minimum atomic E-state index is -0.536. The first kappa shape index (κ1) is 14.4. The van der Waals surface area contributed by atoms with Gasteiger partial charge < -0.3 is 15.2 Å². The summed E-state index contributed by atoms with van der Waals surface area (Å²) in [4.78, 5) is 0. The monoisotopic (exact) mass is 267 g/mol. The number of hydrogen-bond donors (Lipinski definition) is 2. The van der Waals surface area contributed by atoms with Crippen LogP contribution < -0.4 is 5.32 Å². The molecule has 2 rings (SSSR count). The van der Waals surface area contributed by atoms with Crippen molar-refractivity contribution in [1.29, 1.82) is 0 Å². The van der Waals surface area contributed by atoms with Crippen LogP contribution in [0.2, 0.25) is 0 Å². The minimum Gasteiger partial charge on any atom is -0.389 e. The number of aliphatic hydroxyl groups excluding tert-OH is 1. The highest BCUT2D eigenvalue weighted by atomic mass is 19.1. The Balaban J connectivity index is 1.62. The van der Waals surface area contributed by atoms with E-state index >= 15 is 0 Å². The molecule has 0 saturated heterocycles. The molecule has 0 aromatic heterocycles. The average molecular weight is 267 g/mol. The Kier molecular flexibility index (Phi) is 5.31. The Morgan fingerprint density at radius 1 is 1.47 bits per heavy atom. The molecular weight excluding hydrogens is 245 g/mol. The van der Waals surface area contributed by atoms with Crippen LogP contribution in [0.15, 0.2) is 18.2 Å². The molecule has 0 radical (unpaired) electrons. The maximum absolute atomic E-state index is 13.5. The van der Waals surface area contributed by atoms with Gasteiger partial charge in [-0.2, -0.15) is 0 Å². The van der Waals surface area contributed by atoms with Gasteiger partial charge in [-0.25, -0.2) is 4.39 Å². The molecule has 1 atom stereocenters. The van der Waals surface area contributed by atoms with Crippen molar-refractivity contribution in [3.63, 3.8) is 0 Å². The van der Waals surface area contributed by atoms with Crippen molar-refractivity contribution >= 4 is 0 Å². The standard InChI is InChI=1S/C15H22FNO2/c1-11-2-5-15(16)13(6-11)7-17-8-14(18)10-19-9-12-3-4-12/h2,5-6,12,14,17-18H,3-4,7-10H2,1H3. The second-order valence-electron chi connectivity index (χ2n) is 5.36. The predicted octanol–water partition coefficient (Wildman–Crippen LogP) is 2.01. The maximum Gasteiger partial charge on any atom is 0.127 e. The summed E-state index contributed by atoms with van der Waals surface area (Å²) >= 11 is 0. The lowest BCUT2D eigenvalue weighted by Gasteiger charge is -2.12. The van der Waals surface area contributed by atoms with Gasteiger partial charge in [-0.15, -0.1) is 0 Å². The van der Waals surface area contributed by atoms with Crippen molar-refractivity contribution in [3.8, 4) is 0 Å². The Hall–Kier alpha value is -0.970. The third kappa shape index (κ3) is 5.27. The van der Waals surface area contributed by atoms with Crippen molar-refractivity contribution < 1.29 is 14.2 Å². The van der Waals surface area contributed by atoms with Crippen LogP contribution in [0.1, 0.15) is 24.0 Å². The fourth-order valence-electron chi connectivity index (χ4n) is 1.93. The predicted molar refractivity (Wildman–Crippen MR) is 72.4 cm³/mol. The quantitative estimate of drug-likeness (QED) is 0.757. The molecule has 1 aromatic rings. The lowest BCUT2D eigenvalue weighted by Crippen LogP contribution is -2.30. The number of aliphatic hydroxyl groups is 1.